The van der Waals surface area contributed by atoms with E-state index in [1.54, 1.807) is 36.7 Å². The molecular formula is C29H22ClF2N9. The van der Waals surface area contributed by atoms with Crippen LogP contribution in [0.5, 0.6) is 0 Å². The topological polar surface area (TPSA) is 137 Å². The molecule has 0 aliphatic heterocycles. The number of anilines is 4. The van der Waals surface area contributed by atoms with Crippen LogP contribution in [0.2, 0.25) is 5.02 Å². The van der Waals surface area contributed by atoms with E-state index in [0.29, 0.717) is 22.2 Å². The Hall–Kier alpha value is -5.31. The molecule has 0 aliphatic carbocycles. The summed E-state index contributed by atoms with van der Waals surface area (Å²) < 4.78 is 36.9. The number of hydrazine groups is 1. The second kappa shape index (κ2) is 12.3. The Balaban J connectivity index is 1.62. The van der Waals surface area contributed by atoms with Crippen LogP contribution >= 0.6 is 11.6 Å². The summed E-state index contributed by atoms with van der Waals surface area (Å²) in [5.41, 5.74) is 5.17. The number of nitrogens with zero attached hydrogens (tertiary/aromatic N) is 4. The van der Waals surface area contributed by atoms with Crippen molar-refractivity contribution in [3.63, 3.8) is 0 Å². The summed E-state index contributed by atoms with van der Waals surface area (Å²) in [6.45, 7) is 0. The highest BCUT2D eigenvalue weighted by atomic mass is 35.5. The van der Waals surface area contributed by atoms with Crippen LogP contribution in [-0.2, 0) is 0 Å². The predicted molar refractivity (Wildman–Crippen MR) is 155 cm³/mol. The fourth-order valence-electron chi connectivity index (χ4n) is 4.01. The largest absolute Gasteiger partial charge is 0.373 e. The molecule has 0 radical (unpaired) electrons. The van der Waals surface area contributed by atoms with E-state index in [4.69, 9.17) is 17.4 Å². The van der Waals surface area contributed by atoms with Crippen LogP contribution in [0.1, 0.15) is 18.5 Å². The first-order chi connectivity index (χ1) is 20.3. The van der Waals surface area contributed by atoms with E-state index in [1.807, 2.05) is 36.4 Å². The monoisotopic (exact) mass is 570 g/mol. The zero-order chi connectivity index (χ0) is 29.7. The summed E-state index contributed by atoms with van der Waals surface area (Å²) in [5, 5.41) is 19.6. The van der Waals surface area contributed by atoms with Crippen molar-refractivity contribution in [3.8, 4) is 6.07 Å². The average molecular weight is 571 g/mol. The molecule has 12 heteroatoms. The molecule has 0 spiro atoms. The Labute approximate surface area is 240 Å². The Morgan fingerprint density at radius 1 is 1.02 bits per heavy atom. The summed E-state index contributed by atoms with van der Waals surface area (Å²) in [4.78, 5) is 11.9. The van der Waals surface area contributed by atoms with E-state index in [-0.39, 0.29) is 27.7 Å². The number of nitriles is 1. The lowest BCUT2D eigenvalue weighted by Crippen LogP contribution is -2.30. The molecule has 0 aliphatic rings. The van der Waals surface area contributed by atoms with Crippen molar-refractivity contribution in [3.05, 3.63) is 125 Å². The van der Waals surface area contributed by atoms with Crippen molar-refractivity contribution in [2.75, 3.05) is 16.0 Å². The molecule has 0 amide bonds. The van der Waals surface area contributed by atoms with Crippen LogP contribution in [0.3, 0.4) is 0 Å². The number of nitrogens with two attached hydrogens (primary N) is 1. The van der Waals surface area contributed by atoms with Gasteiger partial charge >= 0.3 is 0 Å². The molecule has 0 unspecified atom stereocenters. The summed E-state index contributed by atoms with van der Waals surface area (Å²) in [5.74, 6) is 3.51. The van der Waals surface area contributed by atoms with Gasteiger partial charge in [-0.05, 0) is 35.9 Å². The minimum absolute atomic E-state index is 0.0992. The van der Waals surface area contributed by atoms with Gasteiger partial charge in [0.15, 0.2) is 5.82 Å². The van der Waals surface area contributed by atoms with Gasteiger partial charge < -0.3 is 21.4 Å². The number of pyridine rings is 3. The third kappa shape index (κ3) is 6.14. The van der Waals surface area contributed by atoms with Crippen molar-refractivity contribution in [1.82, 2.24) is 20.4 Å². The number of hydrogen-bond donors (Lipinski definition) is 5. The molecule has 0 saturated heterocycles. The van der Waals surface area contributed by atoms with Gasteiger partial charge in [0, 0.05) is 47.6 Å². The molecular weight excluding hydrogens is 548 g/mol. The Morgan fingerprint density at radius 3 is 2.56 bits per heavy atom. The van der Waals surface area contributed by atoms with Crippen LogP contribution in [-0.4, -0.2) is 15.0 Å². The maximum absolute atomic E-state index is 13.9. The first kappa shape index (κ1) is 25.9. The first-order valence-corrected chi connectivity index (χ1v) is 12.5. The van der Waals surface area contributed by atoms with Crippen molar-refractivity contribution in [2.24, 2.45) is 5.84 Å². The lowest BCUT2D eigenvalue weighted by molar-refractivity contribution is 0.480. The minimum atomic E-state index is -1.72. The molecule has 6 N–H and O–H groups in total. The fraction of sp³-hybridized carbons (Fsp3) is 0.0345. The van der Waals surface area contributed by atoms with Gasteiger partial charge in [-0.2, -0.15) is 9.65 Å². The second-order valence-electron chi connectivity index (χ2n) is 8.59. The zero-order valence-electron chi connectivity index (χ0n) is 22.2. The van der Waals surface area contributed by atoms with E-state index in [0.717, 1.165) is 18.0 Å². The van der Waals surface area contributed by atoms with Gasteiger partial charge in [-0.15, -0.1) is 0 Å². The van der Waals surface area contributed by atoms with E-state index < -0.39 is 17.8 Å². The number of halogens is 3. The van der Waals surface area contributed by atoms with Gasteiger partial charge in [-0.1, -0.05) is 35.9 Å². The number of rotatable bonds is 9. The van der Waals surface area contributed by atoms with Gasteiger partial charge in [-0.3, -0.25) is 15.8 Å². The molecule has 9 nitrogen and oxygen atoms in total. The molecule has 5 rings (SSSR count). The summed E-state index contributed by atoms with van der Waals surface area (Å²) in [6.07, 6.45) is 7.07. The number of nitrogens with one attached hydrogen (secondary N) is 4. The van der Waals surface area contributed by atoms with Crippen LogP contribution in [0, 0.1) is 23.1 Å². The van der Waals surface area contributed by atoms with E-state index in [1.165, 1.54) is 12.4 Å². The number of para-hydroxylation sites is 1. The molecule has 3 heterocycles. The van der Waals surface area contributed by atoms with Crippen molar-refractivity contribution in [2.45, 2.75) is 6.02 Å². The van der Waals surface area contributed by atoms with Crippen molar-refractivity contribution < 1.29 is 10.2 Å². The fourth-order valence-corrected chi connectivity index (χ4v) is 4.28. The molecule has 0 fully saturated rings. The number of fused-ring (bicyclic) bond motifs is 1. The van der Waals surface area contributed by atoms with Crippen LogP contribution in [0.4, 0.5) is 31.5 Å². The molecule has 3 aromatic heterocycles. The Bertz CT molecular complexity index is 1820. The third-order valence-corrected chi connectivity index (χ3v) is 6.20. The molecule has 41 heavy (non-hydrogen) atoms. The Morgan fingerprint density at radius 2 is 1.85 bits per heavy atom. The minimum Gasteiger partial charge on any atom is -0.373 e. The molecule has 2 aromatic carbocycles. The van der Waals surface area contributed by atoms with E-state index in [9.17, 15) is 15.4 Å². The SMILES string of the molecule is [2H][C@](Nc1cc(Cl)c2ncc(C#N)c(Nc3cnc(F)c(F)c3)c2c1)(/C(=C/Nc1ccccc1)NN)c1cccnc1. The van der Waals surface area contributed by atoms with Gasteiger partial charge in [0.1, 0.15) is 6.07 Å². The first-order valence-electron chi connectivity index (χ1n) is 12.6. The van der Waals surface area contributed by atoms with Gasteiger partial charge in [0.2, 0.25) is 5.95 Å². The summed E-state index contributed by atoms with van der Waals surface area (Å²) >= 11 is 6.63. The van der Waals surface area contributed by atoms with Gasteiger partial charge in [-0.25, -0.2) is 9.37 Å². The second-order valence-corrected chi connectivity index (χ2v) is 9.00. The average Bonchev–Trinajstić information content (AvgIpc) is 3.00. The maximum Gasteiger partial charge on any atom is 0.249 e. The highest BCUT2D eigenvalue weighted by Crippen LogP contribution is 2.36. The molecule has 0 saturated carbocycles. The van der Waals surface area contributed by atoms with Crippen LogP contribution in [0.25, 0.3) is 10.9 Å². The molecule has 1 atom stereocenters. The molecule has 5 aromatic rings. The van der Waals surface area contributed by atoms with Crippen LogP contribution in [0.15, 0.2) is 97.3 Å². The van der Waals surface area contributed by atoms with Gasteiger partial charge in [0.05, 0.1) is 46.8 Å². The quantitative estimate of drug-likeness (QED) is 0.0803. The lowest BCUT2D eigenvalue weighted by Gasteiger charge is -2.24. The standard InChI is InChI=1S/C29H22ClF2N9/c30-23-10-20(9-22-26(18(12-33)14-37-28(22)23)40-21-11-24(31)29(32)38-15-21)39-27(17-5-4-8-35-13-17)25(41-34)16-36-19-6-2-1-3-7-19/h1-11,13-16,27,36,39,41H,34H2,(H,37,40)/b25-16-/t27-/m1/s1/i27D. The summed E-state index contributed by atoms with van der Waals surface area (Å²) in [6, 6.07) is 17.2. The number of hydrogen-bond acceptors (Lipinski definition) is 9. The lowest BCUT2D eigenvalue weighted by atomic mass is 10.0. The molecule has 0 bridgehead atoms. The van der Waals surface area contributed by atoms with Gasteiger partial charge in [0.25, 0.3) is 0 Å². The van der Waals surface area contributed by atoms with E-state index in [2.05, 4.69) is 36.3 Å². The highest BCUT2D eigenvalue weighted by Gasteiger charge is 2.20. The Kier molecular flexibility index (Phi) is 7.75. The summed E-state index contributed by atoms with van der Waals surface area (Å²) in [7, 11) is 0. The van der Waals surface area contributed by atoms with Crippen LogP contribution < -0.4 is 27.2 Å². The third-order valence-electron chi connectivity index (χ3n) is 5.91. The van der Waals surface area contributed by atoms with Crippen molar-refractivity contribution >= 4 is 45.3 Å². The highest BCUT2D eigenvalue weighted by molar-refractivity contribution is 6.36. The van der Waals surface area contributed by atoms with E-state index >= 15 is 0 Å². The predicted octanol–water partition coefficient (Wildman–Crippen LogP) is 6.14. The number of benzene rings is 2. The number of aromatic nitrogens is 3. The van der Waals surface area contributed by atoms with Crippen molar-refractivity contribution in [1.29, 1.82) is 5.26 Å². The smallest absolute Gasteiger partial charge is 0.249 e. The normalized spacial score (nSPS) is 13.0. The maximum atomic E-state index is 13.9. The molecule has 204 valence electrons. The zero-order valence-corrected chi connectivity index (χ0v) is 21.9.